The summed E-state index contributed by atoms with van der Waals surface area (Å²) < 4.78 is 47.7. The molecule has 0 aromatic carbocycles. The first kappa shape index (κ1) is 40.5. The van der Waals surface area contributed by atoms with Crippen LogP contribution in [0.5, 0.6) is 0 Å². The molecule has 2 saturated carbocycles. The zero-order valence-corrected chi connectivity index (χ0v) is 31.1. The molecule has 3 heterocycles. The fraction of sp³-hybridized carbons (Fsp3) is 0.667. The summed E-state index contributed by atoms with van der Waals surface area (Å²) in [7, 11) is 0. The molecule has 4 aliphatic rings. The highest BCUT2D eigenvalue weighted by Gasteiger charge is 2.91. The van der Waals surface area contributed by atoms with Gasteiger partial charge in [-0.2, -0.15) is 0 Å². The van der Waals surface area contributed by atoms with Crippen LogP contribution in [0.4, 0.5) is 0 Å². The highest BCUT2D eigenvalue weighted by atomic mass is 16.7. The number of rotatable bonds is 6. The molecule has 0 amide bonds. The molecule has 0 unspecified atom stereocenters. The van der Waals surface area contributed by atoms with Crippen molar-refractivity contribution in [1.82, 2.24) is 4.98 Å². The van der Waals surface area contributed by atoms with Crippen molar-refractivity contribution < 1.29 is 81.7 Å². The standard InChI is InChI=1S/C36H45NO17/c1-16-11-12-23-22(10-9-13-37-23)32(45)48-14-33(7)24-26(49-18(3)39)30(52-21(6)42)35(15-47-17(2)38)29(51-20(5)41)25(43)28(53-31(16)44)34(8,46)36(35,54-33)27(24)50-19(4)40/h9-10,13,16,24-30,43,46H,11-12,14-15H2,1-8H3/t16-,24+,25-,26+,27+,28-,29-,30+,33-,34-,35-,36-/m1/s1. The zero-order valence-electron chi connectivity index (χ0n) is 31.1. The second-order valence-corrected chi connectivity index (χ2v) is 14.7. The summed E-state index contributed by atoms with van der Waals surface area (Å²) in [6.07, 6.45) is -10.3. The summed E-state index contributed by atoms with van der Waals surface area (Å²) in [5, 5.41) is 25.4. The van der Waals surface area contributed by atoms with Crippen LogP contribution in [-0.4, -0.2) is 124 Å². The topological polar surface area (TPSA) is 247 Å². The van der Waals surface area contributed by atoms with E-state index >= 15 is 0 Å². The fourth-order valence-electron chi connectivity index (χ4n) is 8.87. The van der Waals surface area contributed by atoms with E-state index < -0.39 is 126 Å². The zero-order chi connectivity index (χ0) is 40.1. The predicted molar refractivity (Wildman–Crippen MR) is 176 cm³/mol. The Balaban J connectivity index is 1.94. The minimum absolute atomic E-state index is 0.0434. The van der Waals surface area contributed by atoms with E-state index in [9.17, 15) is 43.8 Å². The van der Waals surface area contributed by atoms with Crippen molar-refractivity contribution in [2.75, 3.05) is 13.2 Å². The number of hydrogen-bond donors (Lipinski definition) is 2. The van der Waals surface area contributed by atoms with Gasteiger partial charge < -0.3 is 48.1 Å². The third kappa shape index (κ3) is 6.46. The Morgan fingerprint density at radius 2 is 1.48 bits per heavy atom. The first-order valence-corrected chi connectivity index (χ1v) is 17.4. The van der Waals surface area contributed by atoms with Crippen LogP contribution >= 0.6 is 0 Å². The summed E-state index contributed by atoms with van der Waals surface area (Å²) in [6.45, 7) is 7.26. The molecule has 2 aliphatic carbocycles. The summed E-state index contributed by atoms with van der Waals surface area (Å²) in [6, 6.07) is 2.96. The maximum atomic E-state index is 13.9. The number of carbonyl (C=O) groups excluding carboxylic acids is 7. The molecule has 18 nitrogen and oxygen atoms in total. The maximum absolute atomic E-state index is 13.9. The van der Waals surface area contributed by atoms with Crippen LogP contribution in [0.2, 0.25) is 0 Å². The van der Waals surface area contributed by atoms with Crippen LogP contribution in [0.1, 0.15) is 77.9 Å². The van der Waals surface area contributed by atoms with E-state index in [0.717, 1.165) is 41.5 Å². The van der Waals surface area contributed by atoms with Crippen molar-refractivity contribution in [3.8, 4) is 0 Å². The number of aryl methyl sites for hydroxylation is 1. The van der Waals surface area contributed by atoms with E-state index in [4.69, 9.17) is 37.9 Å². The van der Waals surface area contributed by atoms with Crippen molar-refractivity contribution in [3.05, 3.63) is 29.6 Å². The minimum Gasteiger partial charge on any atom is -0.465 e. The molecule has 18 heteroatoms. The van der Waals surface area contributed by atoms with Gasteiger partial charge in [0.25, 0.3) is 0 Å². The number of nitrogens with zero attached hydrogens (tertiary/aromatic N) is 1. The Hall–Kier alpha value is -4.68. The number of aliphatic hydroxyl groups excluding tert-OH is 1. The lowest BCUT2D eigenvalue weighted by Gasteiger charge is -2.67. The van der Waals surface area contributed by atoms with Crippen molar-refractivity contribution in [1.29, 1.82) is 0 Å². The number of hydrogen-bond acceptors (Lipinski definition) is 18. The average molecular weight is 764 g/mol. The van der Waals surface area contributed by atoms with Crippen molar-refractivity contribution >= 4 is 41.8 Å². The molecular weight excluding hydrogens is 718 g/mol. The van der Waals surface area contributed by atoms with Gasteiger partial charge in [-0.25, -0.2) is 4.79 Å². The highest BCUT2D eigenvalue weighted by molar-refractivity contribution is 5.90. The summed E-state index contributed by atoms with van der Waals surface area (Å²) >= 11 is 0. The summed E-state index contributed by atoms with van der Waals surface area (Å²) in [5.74, 6) is -9.27. The molecule has 54 heavy (non-hydrogen) atoms. The number of fused-ring (bicyclic) bond motifs is 5. The van der Waals surface area contributed by atoms with Crippen LogP contribution < -0.4 is 0 Å². The molecule has 1 aromatic rings. The monoisotopic (exact) mass is 763 g/mol. The second-order valence-electron chi connectivity index (χ2n) is 14.7. The number of pyridine rings is 1. The molecule has 5 rings (SSSR count). The van der Waals surface area contributed by atoms with E-state index in [1.807, 2.05) is 0 Å². The van der Waals surface area contributed by atoms with E-state index in [1.54, 1.807) is 0 Å². The van der Waals surface area contributed by atoms with Gasteiger partial charge in [-0.3, -0.25) is 33.8 Å². The Labute approximate surface area is 310 Å². The Morgan fingerprint density at radius 1 is 0.889 bits per heavy atom. The number of carbonyl (C=O) groups is 7. The second kappa shape index (κ2) is 14.5. The quantitative estimate of drug-likeness (QED) is 0.292. The van der Waals surface area contributed by atoms with E-state index in [-0.39, 0.29) is 24.1 Å². The van der Waals surface area contributed by atoms with E-state index in [0.29, 0.717) is 0 Å². The summed E-state index contributed by atoms with van der Waals surface area (Å²) in [5.41, 5.74) is -9.68. The smallest absolute Gasteiger partial charge is 0.340 e. The lowest BCUT2D eigenvalue weighted by molar-refractivity contribution is -0.386. The number of ether oxygens (including phenoxy) is 8. The van der Waals surface area contributed by atoms with Crippen LogP contribution in [-0.2, 0) is 73.1 Å². The molecule has 12 atom stereocenters. The first-order valence-electron chi connectivity index (χ1n) is 17.4. The molecule has 2 aliphatic heterocycles. The van der Waals surface area contributed by atoms with E-state index in [1.165, 1.54) is 32.2 Å². The van der Waals surface area contributed by atoms with E-state index in [2.05, 4.69) is 4.98 Å². The molecule has 1 saturated heterocycles. The molecule has 4 bridgehead atoms. The molecule has 0 radical (unpaired) electrons. The average Bonchev–Trinajstić information content (AvgIpc) is 3.29. The third-order valence-electron chi connectivity index (χ3n) is 10.9. The van der Waals surface area contributed by atoms with Crippen molar-refractivity contribution in [2.45, 2.75) is 122 Å². The van der Waals surface area contributed by atoms with Gasteiger partial charge in [0, 0.05) is 40.8 Å². The third-order valence-corrected chi connectivity index (χ3v) is 10.9. The largest absolute Gasteiger partial charge is 0.465 e. The summed E-state index contributed by atoms with van der Waals surface area (Å²) in [4.78, 5) is 96.6. The highest BCUT2D eigenvalue weighted by Crippen LogP contribution is 2.70. The van der Waals surface area contributed by atoms with Gasteiger partial charge in [-0.15, -0.1) is 0 Å². The van der Waals surface area contributed by atoms with Gasteiger partial charge in [0.1, 0.15) is 54.2 Å². The molecule has 3 fully saturated rings. The normalized spacial score (nSPS) is 38.6. The first-order chi connectivity index (χ1) is 25.1. The number of aliphatic hydroxyl groups is 2. The van der Waals surface area contributed by atoms with Gasteiger partial charge >= 0.3 is 41.8 Å². The van der Waals surface area contributed by atoms with Crippen LogP contribution in [0.25, 0.3) is 0 Å². The fourth-order valence-corrected chi connectivity index (χ4v) is 8.87. The molecule has 1 spiro atoms. The lowest BCUT2D eigenvalue weighted by Crippen LogP contribution is -2.89. The predicted octanol–water partition coefficient (Wildman–Crippen LogP) is 0.292. The number of esters is 7. The number of cyclic esters (lactones) is 1. The minimum atomic E-state index is -2.76. The van der Waals surface area contributed by atoms with Gasteiger partial charge in [-0.1, -0.05) is 6.92 Å². The lowest BCUT2D eigenvalue weighted by atomic mass is 9.45. The maximum Gasteiger partial charge on any atom is 0.340 e. The molecule has 1 aromatic heterocycles. The molecular formula is C36H45NO17. The van der Waals surface area contributed by atoms with Crippen molar-refractivity contribution in [2.24, 2.45) is 17.3 Å². The Morgan fingerprint density at radius 3 is 2.07 bits per heavy atom. The van der Waals surface area contributed by atoms with Gasteiger partial charge in [0.15, 0.2) is 17.8 Å². The van der Waals surface area contributed by atoms with Crippen LogP contribution in [0, 0.1) is 17.3 Å². The van der Waals surface area contributed by atoms with Crippen LogP contribution in [0.15, 0.2) is 18.3 Å². The molecule has 2 N–H and O–H groups in total. The van der Waals surface area contributed by atoms with Crippen molar-refractivity contribution in [3.63, 3.8) is 0 Å². The Bertz CT molecular complexity index is 1730. The Kier molecular flexibility index (Phi) is 10.9. The van der Waals surface area contributed by atoms with Crippen LogP contribution in [0.3, 0.4) is 0 Å². The SMILES string of the molecule is CC(=O)OC[C@]12[C@H](OC(C)=O)[C@H](O)[C@H]3OC(=O)[C@H](C)CCc4ncccc4C(=O)OC[C@@]4(C)O[C@]1([C@@H](OC(C)=O)[C@@H]4[C@H](OC(C)=O)[C@@H]2OC(C)=O)[C@]3(C)O. The van der Waals surface area contributed by atoms with Gasteiger partial charge in [-0.05, 0) is 38.8 Å². The van der Waals surface area contributed by atoms with Gasteiger partial charge in [0.05, 0.1) is 23.1 Å². The molecule has 296 valence electrons. The van der Waals surface area contributed by atoms with Gasteiger partial charge in [0.2, 0.25) is 0 Å². The number of aromatic nitrogens is 1.